The molecule has 0 radical (unpaired) electrons. The molecule has 1 amide bonds. The SMILES string of the molecule is CC(C)NC(=O)C1(C)CCN(c2ccc(-c3cc(-c4cnn(C5CCC6(CC5)CNC6)c4)cn4ncc(C#N)c34)cn2)CC1.O=C(O)C(F)(F)F. The zero-order valence-electron chi connectivity index (χ0n) is 28.9. The third-order valence-electron chi connectivity index (χ3n) is 10.5. The first-order valence-electron chi connectivity index (χ1n) is 17.2. The average molecular weight is 706 g/mol. The summed E-state index contributed by atoms with van der Waals surface area (Å²) in [6.45, 7) is 9.94. The molecule has 1 spiro atoms. The minimum absolute atomic E-state index is 0.136. The first kappa shape index (κ1) is 35.8. The molecule has 0 unspecified atom stereocenters. The van der Waals surface area contributed by atoms with Crippen molar-refractivity contribution in [3.8, 4) is 28.3 Å². The number of fused-ring (bicyclic) bond motifs is 1. The van der Waals surface area contributed by atoms with Crippen molar-refractivity contribution in [1.29, 1.82) is 5.26 Å². The molecule has 6 heterocycles. The van der Waals surface area contributed by atoms with Gasteiger partial charge >= 0.3 is 12.1 Å². The normalized spacial score (nSPS) is 18.5. The Labute approximate surface area is 293 Å². The second kappa shape index (κ2) is 14.0. The molecule has 1 saturated carbocycles. The Kier molecular flexibility index (Phi) is 9.82. The molecule has 1 aliphatic carbocycles. The third-order valence-corrected chi connectivity index (χ3v) is 10.5. The lowest BCUT2D eigenvalue weighted by atomic mass is 9.68. The quantitative estimate of drug-likeness (QED) is 0.233. The summed E-state index contributed by atoms with van der Waals surface area (Å²) in [5.74, 6) is -1.72. The number of pyridine rings is 2. The summed E-state index contributed by atoms with van der Waals surface area (Å²) in [4.78, 5) is 28.8. The van der Waals surface area contributed by atoms with Gasteiger partial charge in [0, 0.05) is 78.5 Å². The average Bonchev–Trinajstić information content (AvgIpc) is 3.75. The van der Waals surface area contributed by atoms with Gasteiger partial charge in [-0.1, -0.05) is 6.92 Å². The number of piperidine rings is 1. The first-order valence-corrected chi connectivity index (χ1v) is 17.2. The molecule has 51 heavy (non-hydrogen) atoms. The fourth-order valence-electron chi connectivity index (χ4n) is 7.20. The van der Waals surface area contributed by atoms with E-state index < -0.39 is 12.1 Å². The number of carbonyl (C=O) groups is 2. The van der Waals surface area contributed by atoms with Crippen molar-refractivity contribution < 1.29 is 27.9 Å². The molecule has 0 bridgehead atoms. The molecule has 3 N–H and O–H groups in total. The van der Waals surface area contributed by atoms with Crippen LogP contribution in [0.25, 0.3) is 27.8 Å². The van der Waals surface area contributed by atoms with Crippen molar-refractivity contribution in [3.63, 3.8) is 0 Å². The molecule has 2 aliphatic heterocycles. The van der Waals surface area contributed by atoms with Crippen LogP contribution in [0.5, 0.6) is 0 Å². The number of anilines is 1. The van der Waals surface area contributed by atoms with E-state index in [1.807, 2.05) is 38.5 Å². The van der Waals surface area contributed by atoms with Gasteiger partial charge in [0.05, 0.1) is 29.5 Å². The number of hydrogen-bond acceptors (Lipinski definition) is 8. The Balaban J connectivity index is 0.000000582. The number of rotatable bonds is 6. The molecule has 7 rings (SSSR count). The Bertz CT molecular complexity index is 1920. The number of aromatic nitrogens is 5. The number of nitriles is 1. The number of halogens is 3. The number of nitrogens with zero attached hydrogens (tertiary/aromatic N) is 7. The van der Waals surface area contributed by atoms with Gasteiger partial charge in [-0.3, -0.25) is 9.48 Å². The summed E-state index contributed by atoms with van der Waals surface area (Å²) in [6, 6.07) is 9.13. The van der Waals surface area contributed by atoms with Crippen molar-refractivity contribution in [1.82, 2.24) is 35.0 Å². The van der Waals surface area contributed by atoms with Gasteiger partial charge in [0.2, 0.25) is 5.91 Å². The van der Waals surface area contributed by atoms with Gasteiger partial charge in [0.1, 0.15) is 11.9 Å². The van der Waals surface area contributed by atoms with Crippen molar-refractivity contribution in [2.75, 3.05) is 31.1 Å². The maximum absolute atomic E-state index is 12.8. The number of carbonyl (C=O) groups excluding carboxylic acids is 1. The molecule has 270 valence electrons. The van der Waals surface area contributed by atoms with Crippen molar-refractivity contribution >= 4 is 23.2 Å². The lowest BCUT2D eigenvalue weighted by Crippen LogP contribution is -2.54. The highest BCUT2D eigenvalue weighted by atomic mass is 19.4. The molecule has 2 saturated heterocycles. The highest BCUT2D eigenvalue weighted by Crippen LogP contribution is 2.43. The molecule has 0 atom stereocenters. The largest absolute Gasteiger partial charge is 0.490 e. The molecule has 4 aromatic rings. The first-order chi connectivity index (χ1) is 24.2. The van der Waals surface area contributed by atoms with Crippen LogP contribution < -0.4 is 15.5 Å². The molecule has 4 aromatic heterocycles. The van der Waals surface area contributed by atoms with Gasteiger partial charge < -0.3 is 20.6 Å². The summed E-state index contributed by atoms with van der Waals surface area (Å²) < 4.78 is 35.7. The van der Waals surface area contributed by atoms with Crippen LogP contribution in [-0.2, 0) is 9.59 Å². The molecule has 3 aliphatic rings. The van der Waals surface area contributed by atoms with Gasteiger partial charge in [-0.05, 0) is 76.0 Å². The van der Waals surface area contributed by atoms with Gasteiger partial charge in [0.15, 0.2) is 0 Å². The maximum atomic E-state index is 12.8. The van der Waals surface area contributed by atoms with Crippen LogP contribution in [0.1, 0.15) is 70.9 Å². The van der Waals surface area contributed by atoms with Crippen LogP contribution in [0.15, 0.2) is 49.2 Å². The fraction of sp³-hybridized carbons (Fsp3) is 0.500. The number of aliphatic carboxylic acids is 1. The highest BCUT2D eigenvalue weighted by Gasteiger charge is 2.41. The smallest absolute Gasteiger partial charge is 0.475 e. The molecular formula is C36H42F3N9O3. The van der Waals surface area contributed by atoms with Crippen LogP contribution in [0, 0.1) is 22.2 Å². The standard InChI is InChI=1S/C34H41N9O.C2HF3O2/c1-23(2)40-32(44)33(3)10-12-41(13-11-33)30-5-4-24(16-37-30)29-14-25(19-43-31(29)26(15-35)17-39-43)27-18-38-42(20-27)28-6-8-34(9-7-28)21-36-22-34;3-2(4,5)1(6)7/h4-5,14,16-20,23,28,36H,6-13,21-22H2,1-3H3,(H,40,44);(H,6,7). The van der Waals surface area contributed by atoms with Crippen LogP contribution >= 0.6 is 0 Å². The van der Waals surface area contributed by atoms with E-state index in [9.17, 15) is 23.2 Å². The van der Waals surface area contributed by atoms with E-state index in [1.54, 1.807) is 10.7 Å². The third kappa shape index (κ3) is 7.56. The summed E-state index contributed by atoms with van der Waals surface area (Å²) in [5.41, 5.74) is 5.34. The Morgan fingerprint density at radius 3 is 2.25 bits per heavy atom. The van der Waals surface area contributed by atoms with Gasteiger partial charge in [-0.2, -0.15) is 28.6 Å². The Morgan fingerprint density at radius 1 is 1.02 bits per heavy atom. The van der Waals surface area contributed by atoms with Crippen LogP contribution in [0.3, 0.4) is 0 Å². The van der Waals surface area contributed by atoms with E-state index in [1.165, 1.54) is 12.8 Å². The van der Waals surface area contributed by atoms with Crippen molar-refractivity contribution in [2.24, 2.45) is 10.8 Å². The van der Waals surface area contributed by atoms with E-state index in [0.717, 1.165) is 85.5 Å². The summed E-state index contributed by atoms with van der Waals surface area (Å²) in [6.07, 6.45) is 10.9. The number of hydrogen-bond donors (Lipinski definition) is 3. The van der Waals surface area contributed by atoms with Gasteiger partial charge in [-0.25, -0.2) is 14.3 Å². The Morgan fingerprint density at radius 2 is 1.71 bits per heavy atom. The van der Waals surface area contributed by atoms with E-state index in [-0.39, 0.29) is 17.4 Å². The zero-order chi connectivity index (χ0) is 36.6. The summed E-state index contributed by atoms with van der Waals surface area (Å²) in [5, 5.41) is 32.8. The minimum Gasteiger partial charge on any atom is -0.475 e. The number of carboxylic acid groups (broad SMARTS) is 1. The monoisotopic (exact) mass is 705 g/mol. The Hall–Kier alpha value is -4.97. The van der Waals surface area contributed by atoms with Crippen molar-refractivity contribution in [3.05, 3.63) is 54.7 Å². The van der Waals surface area contributed by atoms with Gasteiger partial charge in [0.25, 0.3) is 0 Å². The van der Waals surface area contributed by atoms with Crippen LogP contribution in [0.2, 0.25) is 0 Å². The van der Waals surface area contributed by atoms with Crippen LogP contribution in [0.4, 0.5) is 19.0 Å². The fourth-order valence-corrected chi connectivity index (χ4v) is 7.20. The highest BCUT2D eigenvalue weighted by molar-refractivity contribution is 5.87. The lowest BCUT2D eigenvalue weighted by Gasteiger charge is -2.47. The van der Waals surface area contributed by atoms with E-state index in [2.05, 4.69) is 56.6 Å². The molecule has 12 nitrogen and oxygen atoms in total. The van der Waals surface area contributed by atoms with E-state index in [0.29, 0.717) is 17.0 Å². The number of amides is 1. The number of alkyl halides is 3. The molecule has 15 heteroatoms. The minimum atomic E-state index is -5.08. The molecular weight excluding hydrogens is 663 g/mol. The van der Waals surface area contributed by atoms with Gasteiger partial charge in [-0.15, -0.1) is 0 Å². The summed E-state index contributed by atoms with van der Waals surface area (Å²) in [7, 11) is 0. The topological polar surface area (TPSA) is 153 Å². The van der Waals surface area contributed by atoms with E-state index >= 15 is 0 Å². The second-order valence-electron chi connectivity index (χ2n) is 14.5. The number of carboxylic acids is 1. The van der Waals surface area contributed by atoms with E-state index in [4.69, 9.17) is 20.0 Å². The maximum Gasteiger partial charge on any atom is 0.490 e. The predicted octanol–water partition coefficient (Wildman–Crippen LogP) is 5.60. The van der Waals surface area contributed by atoms with Crippen LogP contribution in [-0.4, -0.2) is 79.8 Å². The lowest BCUT2D eigenvalue weighted by molar-refractivity contribution is -0.192. The second-order valence-corrected chi connectivity index (χ2v) is 14.5. The molecule has 3 fully saturated rings. The van der Waals surface area contributed by atoms with Crippen molar-refractivity contribution in [2.45, 2.75) is 77.6 Å². The number of nitrogens with one attached hydrogen (secondary N) is 2. The molecule has 0 aromatic carbocycles. The predicted molar refractivity (Wildman–Crippen MR) is 184 cm³/mol. The summed E-state index contributed by atoms with van der Waals surface area (Å²) >= 11 is 0. The zero-order valence-corrected chi connectivity index (χ0v) is 28.9.